The van der Waals surface area contributed by atoms with E-state index in [0.717, 1.165) is 47.9 Å². The van der Waals surface area contributed by atoms with Crippen LogP contribution in [0.4, 0.5) is 5.69 Å². The van der Waals surface area contributed by atoms with Gasteiger partial charge in [-0.2, -0.15) is 0 Å². The molecule has 1 fully saturated rings. The van der Waals surface area contributed by atoms with Gasteiger partial charge in [0.25, 0.3) is 10.0 Å². The van der Waals surface area contributed by atoms with Crippen molar-refractivity contribution < 1.29 is 22.7 Å². The van der Waals surface area contributed by atoms with E-state index in [0.29, 0.717) is 17.9 Å². The molecule has 43 heavy (non-hydrogen) atoms. The predicted octanol–water partition coefficient (Wildman–Crippen LogP) is 5.68. The Morgan fingerprint density at radius 3 is 2.14 bits per heavy atom. The molecule has 0 saturated heterocycles. The van der Waals surface area contributed by atoms with Gasteiger partial charge in [0, 0.05) is 12.6 Å². The standard InChI is InChI=1S/C34H43N3O5S/c1-6-31(34(39)35-28-9-7-8-10-28)36(22-27-14-16-29(42-5)17-15-27)33(38)23-37(32-20-13-25(3)21-26(32)4)43(40,41)30-18-11-24(2)12-19-30/h11-21,28,31H,6-10,22-23H2,1-5H3,(H,35,39). The number of rotatable bonds is 12. The summed E-state index contributed by atoms with van der Waals surface area (Å²) in [6.07, 6.45) is 4.36. The minimum absolute atomic E-state index is 0.0908. The van der Waals surface area contributed by atoms with E-state index >= 15 is 0 Å². The Bertz CT molecular complexity index is 1510. The monoisotopic (exact) mass is 605 g/mol. The van der Waals surface area contributed by atoms with Crippen LogP contribution in [0.3, 0.4) is 0 Å². The number of nitrogens with one attached hydrogen (secondary N) is 1. The molecule has 4 rings (SSSR count). The van der Waals surface area contributed by atoms with Crippen molar-refractivity contribution in [2.24, 2.45) is 0 Å². The van der Waals surface area contributed by atoms with Crippen molar-refractivity contribution in [3.63, 3.8) is 0 Å². The van der Waals surface area contributed by atoms with Crippen LogP contribution < -0.4 is 14.4 Å². The number of methoxy groups -OCH3 is 1. The molecule has 1 saturated carbocycles. The van der Waals surface area contributed by atoms with Gasteiger partial charge in [-0.05, 0) is 81.5 Å². The average molecular weight is 606 g/mol. The summed E-state index contributed by atoms with van der Waals surface area (Å²) in [6, 6.07) is 18.7. The van der Waals surface area contributed by atoms with E-state index in [2.05, 4.69) is 5.32 Å². The molecule has 0 radical (unpaired) electrons. The van der Waals surface area contributed by atoms with Crippen LogP contribution >= 0.6 is 0 Å². The number of hydrogen-bond donors (Lipinski definition) is 1. The van der Waals surface area contributed by atoms with Crippen LogP contribution in [-0.2, 0) is 26.2 Å². The first-order chi connectivity index (χ1) is 20.5. The molecule has 1 aliphatic rings. The van der Waals surface area contributed by atoms with Gasteiger partial charge in [-0.3, -0.25) is 13.9 Å². The summed E-state index contributed by atoms with van der Waals surface area (Å²) >= 11 is 0. The Morgan fingerprint density at radius 1 is 0.930 bits per heavy atom. The third kappa shape index (κ3) is 7.76. The maximum atomic E-state index is 14.3. The van der Waals surface area contributed by atoms with Gasteiger partial charge in [-0.25, -0.2) is 8.42 Å². The van der Waals surface area contributed by atoms with E-state index in [1.165, 1.54) is 9.21 Å². The Balaban J connectivity index is 1.73. The van der Waals surface area contributed by atoms with Gasteiger partial charge in [0.2, 0.25) is 11.8 Å². The third-order valence-electron chi connectivity index (χ3n) is 8.11. The quantitative estimate of drug-likeness (QED) is 0.287. The molecule has 1 unspecified atom stereocenters. The summed E-state index contributed by atoms with van der Waals surface area (Å²) in [5, 5.41) is 3.15. The molecule has 230 valence electrons. The highest BCUT2D eigenvalue weighted by Gasteiger charge is 2.35. The van der Waals surface area contributed by atoms with Crippen LogP contribution in [0.25, 0.3) is 0 Å². The minimum Gasteiger partial charge on any atom is -0.497 e. The molecule has 2 amide bonds. The van der Waals surface area contributed by atoms with Gasteiger partial charge in [0.05, 0.1) is 17.7 Å². The third-order valence-corrected chi connectivity index (χ3v) is 9.88. The zero-order chi connectivity index (χ0) is 31.1. The second-order valence-electron chi connectivity index (χ2n) is 11.4. The van der Waals surface area contributed by atoms with Crippen molar-refractivity contribution >= 4 is 27.5 Å². The first-order valence-electron chi connectivity index (χ1n) is 14.9. The summed E-state index contributed by atoms with van der Waals surface area (Å²) in [6.45, 7) is 7.22. The van der Waals surface area contributed by atoms with Crippen LogP contribution in [-0.4, -0.2) is 50.9 Å². The second-order valence-corrected chi connectivity index (χ2v) is 13.3. The van der Waals surface area contributed by atoms with E-state index in [1.54, 1.807) is 49.6 Å². The molecule has 0 spiro atoms. The number of aryl methyl sites for hydroxylation is 3. The van der Waals surface area contributed by atoms with Gasteiger partial charge < -0.3 is 15.0 Å². The maximum absolute atomic E-state index is 14.3. The Morgan fingerprint density at radius 2 is 1.56 bits per heavy atom. The fraction of sp³-hybridized carbons (Fsp3) is 0.412. The molecule has 0 bridgehead atoms. The number of benzene rings is 3. The van der Waals surface area contributed by atoms with Gasteiger partial charge in [0.15, 0.2) is 0 Å². The van der Waals surface area contributed by atoms with Crippen molar-refractivity contribution in [2.75, 3.05) is 18.0 Å². The highest BCUT2D eigenvalue weighted by atomic mass is 32.2. The zero-order valence-corrected chi connectivity index (χ0v) is 26.6. The Labute approximate surface area is 256 Å². The Hall–Kier alpha value is -3.85. The number of anilines is 1. The lowest BCUT2D eigenvalue weighted by Crippen LogP contribution is -2.53. The fourth-order valence-corrected chi connectivity index (χ4v) is 7.13. The lowest BCUT2D eigenvalue weighted by Gasteiger charge is -2.34. The van der Waals surface area contributed by atoms with Gasteiger partial charge in [-0.15, -0.1) is 0 Å². The number of sulfonamides is 1. The summed E-state index contributed by atoms with van der Waals surface area (Å²) in [5.41, 5.74) is 3.87. The first-order valence-corrected chi connectivity index (χ1v) is 16.4. The molecule has 8 nitrogen and oxygen atoms in total. The number of amides is 2. The molecule has 1 N–H and O–H groups in total. The van der Waals surface area contributed by atoms with Crippen LogP contribution in [0.5, 0.6) is 5.75 Å². The first kappa shape index (κ1) is 32.1. The van der Waals surface area contributed by atoms with Crippen molar-refractivity contribution in [3.05, 3.63) is 89.0 Å². The van der Waals surface area contributed by atoms with Crippen LogP contribution in [0.1, 0.15) is 61.3 Å². The van der Waals surface area contributed by atoms with E-state index in [9.17, 15) is 18.0 Å². The molecule has 1 atom stereocenters. The molecule has 1 aliphatic carbocycles. The number of ether oxygens (including phenoxy) is 1. The molecule has 9 heteroatoms. The highest BCUT2D eigenvalue weighted by Crippen LogP contribution is 2.29. The SMILES string of the molecule is CCC(C(=O)NC1CCCC1)N(Cc1ccc(OC)cc1)C(=O)CN(c1ccc(C)cc1C)S(=O)(=O)c1ccc(C)cc1. The van der Waals surface area contributed by atoms with Crippen molar-refractivity contribution in [1.29, 1.82) is 0 Å². The van der Waals surface area contributed by atoms with Gasteiger partial charge >= 0.3 is 0 Å². The summed E-state index contributed by atoms with van der Waals surface area (Å²) in [5.74, 6) is 0.00785. The zero-order valence-electron chi connectivity index (χ0n) is 25.8. The van der Waals surface area contributed by atoms with E-state index in [1.807, 2.05) is 52.0 Å². The number of nitrogens with zero attached hydrogens (tertiary/aromatic N) is 2. The van der Waals surface area contributed by atoms with Crippen LogP contribution in [0, 0.1) is 20.8 Å². The molecule has 0 heterocycles. The van der Waals surface area contributed by atoms with Crippen molar-refractivity contribution in [3.8, 4) is 5.75 Å². The average Bonchev–Trinajstić information content (AvgIpc) is 3.49. The molecule has 0 aliphatic heterocycles. The van der Waals surface area contributed by atoms with Gasteiger partial charge in [0.1, 0.15) is 18.3 Å². The predicted molar refractivity (Wildman–Crippen MR) is 170 cm³/mol. The molecular formula is C34H43N3O5S. The van der Waals surface area contributed by atoms with Crippen molar-refractivity contribution in [2.45, 2.75) is 83.3 Å². The normalized spacial score (nSPS) is 14.3. The molecule has 3 aromatic carbocycles. The minimum atomic E-state index is -4.12. The molecule has 0 aromatic heterocycles. The van der Waals surface area contributed by atoms with Crippen molar-refractivity contribution in [1.82, 2.24) is 10.2 Å². The Kier molecular flexibility index (Phi) is 10.5. The largest absolute Gasteiger partial charge is 0.497 e. The number of carbonyl (C=O) groups is 2. The van der Waals surface area contributed by atoms with E-state index in [-0.39, 0.29) is 23.4 Å². The topological polar surface area (TPSA) is 96.0 Å². The molecular weight excluding hydrogens is 562 g/mol. The summed E-state index contributed by atoms with van der Waals surface area (Å²) in [4.78, 5) is 29.5. The lowest BCUT2D eigenvalue weighted by molar-refractivity contribution is -0.140. The van der Waals surface area contributed by atoms with E-state index < -0.39 is 28.5 Å². The second kappa shape index (κ2) is 14.1. The van der Waals surface area contributed by atoms with Crippen LogP contribution in [0.2, 0.25) is 0 Å². The smallest absolute Gasteiger partial charge is 0.264 e. The number of hydrogen-bond acceptors (Lipinski definition) is 5. The fourth-order valence-electron chi connectivity index (χ4n) is 5.65. The summed E-state index contributed by atoms with van der Waals surface area (Å²) < 4.78 is 34.7. The van der Waals surface area contributed by atoms with Gasteiger partial charge in [-0.1, -0.05) is 67.3 Å². The maximum Gasteiger partial charge on any atom is 0.264 e. The summed E-state index contributed by atoms with van der Waals surface area (Å²) in [7, 11) is -2.53. The highest BCUT2D eigenvalue weighted by molar-refractivity contribution is 7.92. The number of carbonyl (C=O) groups excluding carboxylic acids is 2. The van der Waals surface area contributed by atoms with E-state index in [4.69, 9.17) is 4.74 Å². The lowest BCUT2D eigenvalue weighted by atomic mass is 10.1. The van der Waals surface area contributed by atoms with Crippen LogP contribution in [0.15, 0.2) is 71.6 Å². The molecule has 3 aromatic rings.